The summed E-state index contributed by atoms with van der Waals surface area (Å²) >= 11 is 0. The normalized spacial score (nSPS) is 21.0. The van der Waals surface area contributed by atoms with Gasteiger partial charge in [-0.15, -0.1) is 0 Å². The maximum absolute atomic E-state index is 11.5. The smallest absolute Gasteiger partial charge is 0.410 e. The molecule has 90 valence electrons. The van der Waals surface area contributed by atoms with Crippen molar-refractivity contribution in [2.75, 3.05) is 13.2 Å². The lowest BCUT2D eigenvalue weighted by molar-refractivity contribution is -0.424. The highest BCUT2D eigenvalue weighted by Crippen LogP contribution is 2.20. The molecule has 1 aliphatic heterocycles. The van der Waals surface area contributed by atoms with E-state index in [4.69, 9.17) is 4.74 Å². The molecule has 0 bridgehead atoms. The Labute approximate surface area is 94.0 Å². The fourth-order valence-electron chi connectivity index (χ4n) is 1.74. The molecule has 1 amide bonds. The van der Waals surface area contributed by atoms with Crippen molar-refractivity contribution in [1.82, 2.24) is 4.90 Å². The van der Waals surface area contributed by atoms with Crippen LogP contribution in [-0.4, -0.2) is 35.1 Å². The highest BCUT2D eigenvalue weighted by atomic mass is 16.6. The number of nitrogens with zero attached hydrogens (tertiary/aromatic N) is 2. The van der Waals surface area contributed by atoms with Crippen LogP contribution in [0.15, 0.2) is 11.8 Å². The fraction of sp³-hybridized carbons (Fsp3) is 0.700. The van der Waals surface area contributed by atoms with Gasteiger partial charge in [-0.3, -0.25) is 10.1 Å². The quantitative estimate of drug-likeness (QED) is 0.545. The Morgan fingerprint density at radius 3 is 2.94 bits per heavy atom. The topological polar surface area (TPSA) is 72.7 Å². The second-order valence-electron chi connectivity index (χ2n) is 3.67. The number of ether oxygens (including phenoxy) is 1. The van der Waals surface area contributed by atoms with Crippen LogP contribution in [-0.2, 0) is 4.74 Å². The van der Waals surface area contributed by atoms with Crippen LogP contribution in [0.5, 0.6) is 0 Å². The molecule has 1 heterocycles. The van der Waals surface area contributed by atoms with Crippen molar-refractivity contribution in [3.63, 3.8) is 0 Å². The highest BCUT2D eigenvalue weighted by Gasteiger charge is 2.29. The van der Waals surface area contributed by atoms with E-state index in [0.717, 1.165) is 12.8 Å². The second kappa shape index (κ2) is 5.48. The van der Waals surface area contributed by atoms with E-state index in [0.29, 0.717) is 13.2 Å². The summed E-state index contributed by atoms with van der Waals surface area (Å²) < 4.78 is 4.89. The number of rotatable bonds is 3. The third-order valence-corrected chi connectivity index (χ3v) is 2.52. The van der Waals surface area contributed by atoms with E-state index in [9.17, 15) is 14.9 Å². The minimum Gasteiger partial charge on any atom is -0.450 e. The zero-order chi connectivity index (χ0) is 12.1. The van der Waals surface area contributed by atoms with Gasteiger partial charge in [0.15, 0.2) is 0 Å². The van der Waals surface area contributed by atoms with Gasteiger partial charge in [0, 0.05) is 19.5 Å². The molecule has 0 N–H and O–H groups in total. The highest BCUT2D eigenvalue weighted by molar-refractivity contribution is 5.68. The van der Waals surface area contributed by atoms with Gasteiger partial charge in [0.25, 0.3) is 0 Å². The summed E-state index contributed by atoms with van der Waals surface area (Å²) in [5, 5.41) is 10.5. The molecular formula is C10H16N2O4. The number of carbonyl (C=O) groups excluding carboxylic acids is 1. The SMILES string of the molecule is CCOC(=O)N1CCC[C@H]1/C=C(\C)[N+](=O)[O-]. The lowest BCUT2D eigenvalue weighted by atomic mass is 10.2. The van der Waals surface area contributed by atoms with Crippen LogP contribution in [0.2, 0.25) is 0 Å². The summed E-state index contributed by atoms with van der Waals surface area (Å²) in [7, 11) is 0. The molecule has 1 saturated heterocycles. The van der Waals surface area contributed by atoms with Gasteiger partial charge in [-0.2, -0.15) is 0 Å². The van der Waals surface area contributed by atoms with Gasteiger partial charge >= 0.3 is 6.09 Å². The molecule has 0 radical (unpaired) electrons. The van der Waals surface area contributed by atoms with E-state index < -0.39 is 11.0 Å². The standard InChI is InChI=1S/C10H16N2O4/c1-3-16-10(13)11-6-4-5-9(11)7-8(2)12(14)15/h7,9H,3-6H2,1-2H3/b8-7+/t9-/m0/s1. The van der Waals surface area contributed by atoms with E-state index in [1.54, 1.807) is 6.92 Å². The summed E-state index contributed by atoms with van der Waals surface area (Å²) in [5.41, 5.74) is 0.0706. The number of hydrogen-bond donors (Lipinski definition) is 0. The molecule has 0 saturated carbocycles. The summed E-state index contributed by atoms with van der Waals surface area (Å²) in [6.45, 7) is 4.09. The Kier molecular flexibility index (Phi) is 4.28. The van der Waals surface area contributed by atoms with Gasteiger partial charge in [-0.1, -0.05) is 0 Å². The average Bonchev–Trinajstić information content (AvgIpc) is 2.66. The zero-order valence-electron chi connectivity index (χ0n) is 9.51. The molecule has 0 aliphatic carbocycles. The lowest BCUT2D eigenvalue weighted by Crippen LogP contribution is -2.35. The summed E-state index contributed by atoms with van der Waals surface area (Å²) in [6, 6.07) is -0.204. The van der Waals surface area contributed by atoms with Crippen LogP contribution < -0.4 is 0 Å². The first-order valence-corrected chi connectivity index (χ1v) is 5.32. The molecule has 0 spiro atoms. The first-order chi connectivity index (χ1) is 7.56. The van der Waals surface area contributed by atoms with Gasteiger partial charge in [-0.05, 0) is 19.8 Å². The first kappa shape index (κ1) is 12.5. The molecule has 16 heavy (non-hydrogen) atoms. The Morgan fingerprint density at radius 2 is 2.38 bits per heavy atom. The van der Waals surface area contributed by atoms with Crippen LogP contribution in [0.25, 0.3) is 0 Å². The van der Waals surface area contributed by atoms with Crippen LogP contribution in [0.3, 0.4) is 0 Å². The van der Waals surface area contributed by atoms with Crippen LogP contribution >= 0.6 is 0 Å². The number of nitro groups is 1. The maximum atomic E-state index is 11.5. The van der Waals surface area contributed by atoms with Gasteiger partial charge < -0.3 is 9.64 Å². The van der Waals surface area contributed by atoms with Gasteiger partial charge in [0.05, 0.1) is 17.6 Å². The molecule has 0 aromatic heterocycles. The van der Waals surface area contributed by atoms with Crippen molar-refractivity contribution >= 4 is 6.09 Å². The van der Waals surface area contributed by atoms with Crippen LogP contribution in [0.1, 0.15) is 26.7 Å². The molecule has 6 nitrogen and oxygen atoms in total. The van der Waals surface area contributed by atoms with Crippen molar-refractivity contribution in [3.05, 3.63) is 21.9 Å². The Morgan fingerprint density at radius 1 is 1.69 bits per heavy atom. The molecular weight excluding hydrogens is 212 g/mol. The minimum atomic E-state index is -0.443. The molecule has 0 unspecified atom stereocenters. The molecule has 1 fully saturated rings. The van der Waals surface area contributed by atoms with E-state index in [2.05, 4.69) is 0 Å². The zero-order valence-corrected chi connectivity index (χ0v) is 9.51. The van der Waals surface area contributed by atoms with Crippen molar-refractivity contribution < 1.29 is 14.5 Å². The number of carbonyl (C=O) groups is 1. The Hall–Kier alpha value is -1.59. The summed E-state index contributed by atoms with van der Waals surface area (Å²) in [5.74, 6) is 0. The van der Waals surface area contributed by atoms with Crippen LogP contribution in [0, 0.1) is 10.1 Å². The van der Waals surface area contributed by atoms with Crippen molar-refractivity contribution in [2.24, 2.45) is 0 Å². The van der Waals surface area contributed by atoms with Crippen molar-refractivity contribution in [2.45, 2.75) is 32.7 Å². The molecule has 0 aromatic rings. The minimum absolute atomic E-state index is 0.0706. The fourth-order valence-corrected chi connectivity index (χ4v) is 1.74. The number of allylic oxidation sites excluding steroid dienone is 1. The van der Waals surface area contributed by atoms with Gasteiger partial charge in [-0.25, -0.2) is 4.79 Å². The second-order valence-corrected chi connectivity index (χ2v) is 3.67. The number of likely N-dealkylation sites (tertiary alicyclic amines) is 1. The first-order valence-electron chi connectivity index (χ1n) is 5.32. The summed E-state index contributed by atoms with van der Waals surface area (Å²) in [6.07, 6.45) is 2.73. The predicted octanol–water partition coefficient (Wildman–Crippen LogP) is 1.79. The molecule has 1 atom stereocenters. The van der Waals surface area contributed by atoms with E-state index in [-0.39, 0.29) is 11.7 Å². The van der Waals surface area contributed by atoms with E-state index >= 15 is 0 Å². The summed E-state index contributed by atoms with van der Waals surface area (Å²) in [4.78, 5) is 23.1. The third kappa shape index (κ3) is 2.95. The largest absolute Gasteiger partial charge is 0.450 e. The predicted molar refractivity (Wildman–Crippen MR) is 57.5 cm³/mol. The van der Waals surface area contributed by atoms with Gasteiger partial charge in [0.2, 0.25) is 5.70 Å². The van der Waals surface area contributed by atoms with Crippen molar-refractivity contribution in [3.8, 4) is 0 Å². The van der Waals surface area contributed by atoms with Crippen molar-refractivity contribution in [1.29, 1.82) is 0 Å². The Bertz CT molecular complexity index is 314. The number of amides is 1. The average molecular weight is 228 g/mol. The van der Waals surface area contributed by atoms with Gasteiger partial charge in [0.1, 0.15) is 0 Å². The third-order valence-electron chi connectivity index (χ3n) is 2.52. The molecule has 1 aliphatic rings. The molecule has 1 rings (SSSR count). The Balaban J connectivity index is 2.69. The molecule has 6 heteroatoms. The monoisotopic (exact) mass is 228 g/mol. The van der Waals surface area contributed by atoms with Crippen LogP contribution in [0.4, 0.5) is 4.79 Å². The lowest BCUT2D eigenvalue weighted by Gasteiger charge is -2.20. The number of hydrogen-bond acceptors (Lipinski definition) is 4. The van der Waals surface area contributed by atoms with E-state index in [1.165, 1.54) is 17.9 Å². The van der Waals surface area contributed by atoms with E-state index in [1.807, 2.05) is 0 Å². The molecule has 0 aromatic carbocycles. The maximum Gasteiger partial charge on any atom is 0.410 e.